The van der Waals surface area contributed by atoms with Gasteiger partial charge in [-0.3, -0.25) is 9.89 Å². The van der Waals surface area contributed by atoms with Crippen LogP contribution in [0.4, 0.5) is 0 Å². The van der Waals surface area contributed by atoms with Gasteiger partial charge in [-0.1, -0.05) is 18.2 Å². The van der Waals surface area contributed by atoms with Crippen LogP contribution < -0.4 is 0 Å². The molecule has 0 saturated carbocycles. The summed E-state index contributed by atoms with van der Waals surface area (Å²) in [7, 11) is 2.11. The maximum atomic E-state index is 13.0. The fourth-order valence-electron chi connectivity index (χ4n) is 3.59. The lowest BCUT2D eigenvalue weighted by atomic mass is 10.1. The van der Waals surface area contributed by atoms with E-state index in [1.165, 1.54) is 0 Å². The maximum Gasteiger partial charge on any atom is 0.275 e. The second kappa shape index (κ2) is 5.37. The lowest BCUT2D eigenvalue weighted by Crippen LogP contribution is -2.46. The average molecular weight is 300 g/mol. The number of hydrogen-bond acceptors (Lipinski definition) is 4. The molecule has 1 aromatic heterocycles. The first-order valence-corrected chi connectivity index (χ1v) is 7.72. The first kappa shape index (κ1) is 13.7. The number of benzene rings is 1. The van der Waals surface area contributed by atoms with E-state index in [0.29, 0.717) is 18.2 Å². The number of likely N-dealkylation sites (N-methyl/N-ethyl adjacent to an activating group) is 1. The summed E-state index contributed by atoms with van der Waals surface area (Å²) in [6, 6.07) is 7.86. The summed E-state index contributed by atoms with van der Waals surface area (Å²) in [5, 5.41) is 8.11. The number of rotatable bonds is 1. The Bertz CT molecular complexity index is 698. The Morgan fingerprint density at radius 3 is 3.05 bits per heavy atom. The normalized spacial score (nSPS) is 26.1. The average Bonchev–Trinajstić information content (AvgIpc) is 2.74. The van der Waals surface area contributed by atoms with Crippen LogP contribution in [0.3, 0.4) is 0 Å². The number of fused-ring (bicyclic) bond motifs is 4. The van der Waals surface area contributed by atoms with Gasteiger partial charge in [-0.05, 0) is 13.1 Å². The van der Waals surface area contributed by atoms with Crippen molar-refractivity contribution < 1.29 is 9.53 Å². The van der Waals surface area contributed by atoms with Crippen molar-refractivity contribution in [2.45, 2.75) is 6.04 Å². The Balaban J connectivity index is 1.69. The van der Waals surface area contributed by atoms with Gasteiger partial charge in [0.15, 0.2) is 5.69 Å². The number of carbonyl (C=O) groups excluding carboxylic acids is 1. The Morgan fingerprint density at radius 2 is 2.14 bits per heavy atom. The molecule has 1 amide bonds. The van der Waals surface area contributed by atoms with Crippen LogP contribution in [-0.4, -0.2) is 71.8 Å². The number of carbonyl (C=O) groups is 1. The molecule has 2 aliphatic heterocycles. The van der Waals surface area contributed by atoms with Gasteiger partial charge in [-0.25, -0.2) is 0 Å². The van der Waals surface area contributed by atoms with Gasteiger partial charge in [0.2, 0.25) is 0 Å². The zero-order valence-electron chi connectivity index (χ0n) is 12.7. The third-order valence-corrected chi connectivity index (χ3v) is 4.59. The molecule has 6 heteroatoms. The van der Waals surface area contributed by atoms with E-state index >= 15 is 0 Å². The molecule has 0 unspecified atom stereocenters. The molecule has 6 nitrogen and oxygen atoms in total. The molecule has 22 heavy (non-hydrogen) atoms. The lowest BCUT2D eigenvalue weighted by Gasteiger charge is -2.29. The quantitative estimate of drug-likeness (QED) is 0.852. The maximum absolute atomic E-state index is 13.0. The highest BCUT2D eigenvalue weighted by Crippen LogP contribution is 2.23. The number of nitrogens with one attached hydrogen (secondary N) is 1. The molecule has 2 aromatic rings. The van der Waals surface area contributed by atoms with Gasteiger partial charge in [-0.2, -0.15) is 5.10 Å². The van der Waals surface area contributed by atoms with Gasteiger partial charge in [-0.15, -0.1) is 0 Å². The summed E-state index contributed by atoms with van der Waals surface area (Å²) < 4.78 is 5.75. The standard InChI is InChI=1S/C16H20N4O2/c1-19-6-11-7-20(12(8-19)10-22-9-11)16(21)15-13-4-2-3-5-14(13)17-18-15/h2-5,11-12H,6-10H2,1H3,(H,17,18)/t11-,12-/m0/s1. The topological polar surface area (TPSA) is 61.5 Å². The van der Waals surface area contributed by atoms with Gasteiger partial charge in [0.1, 0.15) is 0 Å². The van der Waals surface area contributed by atoms with E-state index in [2.05, 4.69) is 22.1 Å². The molecule has 0 radical (unpaired) electrons. The highest BCUT2D eigenvalue weighted by molar-refractivity contribution is 6.04. The minimum Gasteiger partial charge on any atom is -0.379 e. The number of para-hydroxylation sites is 1. The van der Waals surface area contributed by atoms with Gasteiger partial charge in [0.05, 0.1) is 24.8 Å². The second-order valence-electron chi connectivity index (χ2n) is 6.35. The Morgan fingerprint density at radius 1 is 1.27 bits per heavy atom. The predicted octanol–water partition coefficient (Wildman–Crippen LogP) is 0.965. The summed E-state index contributed by atoms with van der Waals surface area (Å²) in [6.07, 6.45) is 0. The van der Waals surface area contributed by atoms with Crippen molar-refractivity contribution in [3.05, 3.63) is 30.0 Å². The van der Waals surface area contributed by atoms with Crippen molar-refractivity contribution in [3.63, 3.8) is 0 Å². The lowest BCUT2D eigenvalue weighted by molar-refractivity contribution is 0.0481. The molecule has 2 bridgehead atoms. The van der Waals surface area contributed by atoms with Crippen LogP contribution >= 0.6 is 0 Å². The molecule has 0 spiro atoms. The predicted molar refractivity (Wildman–Crippen MR) is 82.7 cm³/mol. The summed E-state index contributed by atoms with van der Waals surface area (Å²) >= 11 is 0. The number of nitrogens with zero attached hydrogens (tertiary/aromatic N) is 3. The van der Waals surface area contributed by atoms with E-state index < -0.39 is 0 Å². The SMILES string of the molecule is CN1C[C@@H]2COC[C@H](C1)N(C(=O)c1n[nH]c3ccccc13)C2. The van der Waals surface area contributed by atoms with Crippen molar-refractivity contribution in [1.29, 1.82) is 0 Å². The van der Waals surface area contributed by atoms with Gasteiger partial charge >= 0.3 is 0 Å². The fraction of sp³-hybridized carbons (Fsp3) is 0.500. The number of amides is 1. The molecular weight excluding hydrogens is 280 g/mol. The molecule has 2 saturated heterocycles. The van der Waals surface area contributed by atoms with Gasteiger partial charge < -0.3 is 14.5 Å². The third-order valence-electron chi connectivity index (χ3n) is 4.59. The van der Waals surface area contributed by atoms with Gasteiger partial charge in [0, 0.05) is 30.9 Å². The fourth-order valence-corrected chi connectivity index (χ4v) is 3.59. The molecule has 3 heterocycles. The number of hydrogen-bond donors (Lipinski definition) is 1. The molecule has 4 rings (SSSR count). The van der Waals surface area contributed by atoms with E-state index in [1.807, 2.05) is 29.2 Å². The minimum absolute atomic E-state index is 0.00764. The highest BCUT2D eigenvalue weighted by atomic mass is 16.5. The number of ether oxygens (including phenoxy) is 1. The Kier molecular flexibility index (Phi) is 3.35. The van der Waals surface area contributed by atoms with Crippen LogP contribution in [-0.2, 0) is 4.74 Å². The number of aromatic amines is 1. The molecule has 0 aliphatic carbocycles. The zero-order chi connectivity index (χ0) is 15.1. The van der Waals surface area contributed by atoms with Crippen molar-refractivity contribution in [2.75, 3.05) is 39.9 Å². The molecular formula is C16H20N4O2. The van der Waals surface area contributed by atoms with Crippen LogP contribution in [0.1, 0.15) is 10.5 Å². The molecule has 116 valence electrons. The zero-order valence-corrected chi connectivity index (χ0v) is 12.7. The molecule has 2 atom stereocenters. The van der Waals surface area contributed by atoms with Crippen LogP contribution in [0.25, 0.3) is 10.9 Å². The molecule has 2 aliphatic rings. The summed E-state index contributed by atoms with van der Waals surface area (Å²) in [5.74, 6) is 0.375. The molecule has 1 N–H and O–H groups in total. The van der Waals surface area contributed by atoms with Crippen LogP contribution in [0.5, 0.6) is 0 Å². The summed E-state index contributed by atoms with van der Waals surface area (Å²) in [6.45, 7) is 3.90. The number of H-pyrrole nitrogens is 1. The van der Waals surface area contributed by atoms with E-state index in [4.69, 9.17) is 4.74 Å². The Labute approximate surface area is 129 Å². The first-order chi connectivity index (χ1) is 10.7. The van der Waals surface area contributed by atoms with Crippen molar-refractivity contribution in [3.8, 4) is 0 Å². The Hall–Kier alpha value is -1.92. The van der Waals surface area contributed by atoms with Crippen LogP contribution in [0.2, 0.25) is 0 Å². The highest BCUT2D eigenvalue weighted by Gasteiger charge is 2.36. The van der Waals surface area contributed by atoms with Crippen molar-refractivity contribution in [2.24, 2.45) is 5.92 Å². The minimum atomic E-state index is 0.00764. The smallest absolute Gasteiger partial charge is 0.275 e. The van der Waals surface area contributed by atoms with Crippen molar-refractivity contribution >= 4 is 16.8 Å². The molecule has 2 fully saturated rings. The van der Waals surface area contributed by atoms with E-state index in [0.717, 1.165) is 37.1 Å². The van der Waals surface area contributed by atoms with E-state index in [1.54, 1.807) is 0 Å². The van der Waals surface area contributed by atoms with Crippen LogP contribution in [0, 0.1) is 5.92 Å². The third kappa shape index (κ3) is 2.28. The first-order valence-electron chi connectivity index (χ1n) is 7.72. The van der Waals surface area contributed by atoms with Crippen LogP contribution in [0.15, 0.2) is 24.3 Å². The largest absolute Gasteiger partial charge is 0.379 e. The summed E-state index contributed by atoms with van der Waals surface area (Å²) in [5.41, 5.74) is 1.42. The monoisotopic (exact) mass is 300 g/mol. The second-order valence-corrected chi connectivity index (χ2v) is 6.35. The molecule has 1 aromatic carbocycles. The van der Waals surface area contributed by atoms with Crippen molar-refractivity contribution in [1.82, 2.24) is 20.0 Å². The van der Waals surface area contributed by atoms with E-state index in [9.17, 15) is 4.79 Å². The summed E-state index contributed by atoms with van der Waals surface area (Å²) in [4.78, 5) is 17.3. The van der Waals surface area contributed by atoms with Gasteiger partial charge in [0.25, 0.3) is 5.91 Å². The number of aromatic nitrogens is 2. The van der Waals surface area contributed by atoms with E-state index in [-0.39, 0.29) is 11.9 Å².